The van der Waals surface area contributed by atoms with E-state index in [0.29, 0.717) is 12.3 Å². The molecule has 1 N–H and O–H groups in total. The summed E-state index contributed by atoms with van der Waals surface area (Å²) < 4.78 is 5.57. The highest BCUT2D eigenvalue weighted by molar-refractivity contribution is 5.76. The zero-order valence-corrected chi connectivity index (χ0v) is 13.3. The van der Waals surface area contributed by atoms with Crippen LogP contribution in [0.25, 0.3) is 0 Å². The van der Waals surface area contributed by atoms with Crippen molar-refractivity contribution in [1.82, 2.24) is 10.3 Å². The molecule has 0 aromatic carbocycles. The highest BCUT2D eigenvalue weighted by atomic mass is 16.5. The molecule has 4 nitrogen and oxygen atoms in total. The molecule has 1 amide bonds. The summed E-state index contributed by atoms with van der Waals surface area (Å²) in [4.78, 5) is 16.7. The van der Waals surface area contributed by atoms with Crippen LogP contribution in [0.5, 0.6) is 0 Å². The Bertz CT molecular complexity index is 468. The van der Waals surface area contributed by atoms with E-state index in [-0.39, 0.29) is 18.1 Å². The van der Waals surface area contributed by atoms with E-state index >= 15 is 0 Å². The first-order chi connectivity index (χ1) is 10.1. The van der Waals surface area contributed by atoms with Gasteiger partial charge in [0, 0.05) is 19.2 Å². The predicted octanol–water partition coefficient (Wildman–Crippen LogP) is 3.16. The van der Waals surface area contributed by atoms with Crippen LogP contribution in [0.3, 0.4) is 0 Å². The van der Waals surface area contributed by atoms with Crippen molar-refractivity contribution >= 4 is 5.91 Å². The molecule has 0 bridgehead atoms. The van der Waals surface area contributed by atoms with Gasteiger partial charge in [-0.15, -0.1) is 0 Å². The maximum absolute atomic E-state index is 12.2. The van der Waals surface area contributed by atoms with Crippen molar-refractivity contribution in [3.63, 3.8) is 0 Å². The second kappa shape index (κ2) is 7.55. The minimum atomic E-state index is -0.0248. The van der Waals surface area contributed by atoms with E-state index in [1.54, 1.807) is 6.20 Å². The fourth-order valence-electron chi connectivity index (χ4n) is 2.78. The Balaban J connectivity index is 1.93. The van der Waals surface area contributed by atoms with E-state index in [2.05, 4.69) is 24.1 Å². The predicted molar refractivity (Wildman–Crippen MR) is 82.9 cm³/mol. The van der Waals surface area contributed by atoms with E-state index in [0.717, 1.165) is 37.1 Å². The average Bonchev–Trinajstić information content (AvgIpc) is 2.96. The summed E-state index contributed by atoms with van der Waals surface area (Å²) in [7, 11) is 0. The Morgan fingerprint density at radius 1 is 1.52 bits per heavy atom. The highest BCUT2D eigenvalue weighted by Crippen LogP contribution is 2.23. The zero-order chi connectivity index (χ0) is 15.2. The fourth-order valence-corrected chi connectivity index (χ4v) is 2.78. The maximum Gasteiger partial charge on any atom is 0.220 e. The number of aryl methyl sites for hydroxylation is 1. The summed E-state index contributed by atoms with van der Waals surface area (Å²) in [6.07, 6.45) is 5.60. The number of carbonyl (C=O) groups is 1. The summed E-state index contributed by atoms with van der Waals surface area (Å²) in [6, 6.07) is 3.94. The SMILES string of the molecule is Cc1cccnc1C(NC(=O)CCC1CCCO1)C(C)C. The first kappa shape index (κ1) is 16.0. The minimum absolute atomic E-state index is 0.0248. The average molecular weight is 290 g/mol. The van der Waals surface area contributed by atoms with Crippen LogP contribution in [0, 0.1) is 12.8 Å². The van der Waals surface area contributed by atoms with E-state index < -0.39 is 0 Å². The molecule has 1 saturated heterocycles. The van der Waals surface area contributed by atoms with Crippen molar-refractivity contribution in [2.45, 2.75) is 58.6 Å². The van der Waals surface area contributed by atoms with Gasteiger partial charge in [0.15, 0.2) is 0 Å². The van der Waals surface area contributed by atoms with Crippen LogP contribution in [-0.2, 0) is 9.53 Å². The van der Waals surface area contributed by atoms with Gasteiger partial charge in [0.1, 0.15) is 0 Å². The molecule has 0 radical (unpaired) electrons. The molecule has 1 aromatic heterocycles. The van der Waals surface area contributed by atoms with Crippen LogP contribution in [-0.4, -0.2) is 23.6 Å². The first-order valence-corrected chi connectivity index (χ1v) is 7.90. The number of rotatable bonds is 6. The van der Waals surface area contributed by atoms with Crippen LogP contribution >= 0.6 is 0 Å². The number of nitrogens with one attached hydrogen (secondary N) is 1. The topological polar surface area (TPSA) is 51.2 Å². The van der Waals surface area contributed by atoms with Crippen LogP contribution in [0.4, 0.5) is 0 Å². The molecular formula is C17H26N2O2. The monoisotopic (exact) mass is 290 g/mol. The molecular weight excluding hydrogens is 264 g/mol. The standard InChI is InChI=1S/C17H26N2O2/c1-12(2)16(17-13(3)6-4-10-18-17)19-15(20)9-8-14-7-5-11-21-14/h4,6,10,12,14,16H,5,7-9,11H2,1-3H3,(H,19,20). The van der Waals surface area contributed by atoms with E-state index in [9.17, 15) is 4.79 Å². The lowest BCUT2D eigenvalue weighted by molar-refractivity contribution is -0.122. The van der Waals surface area contributed by atoms with Crippen molar-refractivity contribution in [3.05, 3.63) is 29.6 Å². The Labute approximate surface area is 127 Å². The number of ether oxygens (including phenoxy) is 1. The molecule has 2 heterocycles. The van der Waals surface area contributed by atoms with Gasteiger partial charge in [-0.1, -0.05) is 19.9 Å². The molecule has 1 fully saturated rings. The first-order valence-electron chi connectivity index (χ1n) is 7.90. The number of hydrogen-bond donors (Lipinski definition) is 1. The van der Waals surface area contributed by atoms with Crippen molar-refractivity contribution in [2.75, 3.05) is 6.61 Å². The summed E-state index contributed by atoms with van der Waals surface area (Å²) in [5.74, 6) is 0.402. The lowest BCUT2D eigenvalue weighted by Crippen LogP contribution is -2.33. The van der Waals surface area contributed by atoms with Crippen LogP contribution in [0.1, 0.15) is 56.8 Å². The van der Waals surface area contributed by atoms with Crippen molar-refractivity contribution in [3.8, 4) is 0 Å². The quantitative estimate of drug-likeness (QED) is 0.875. The van der Waals surface area contributed by atoms with Crippen molar-refractivity contribution < 1.29 is 9.53 Å². The number of nitrogens with zero attached hydrogens (tertiary/aromatic N) is 1. The van der Waals surface area contributed by atoms with Gasteiger partial charge in [0.05, 0.1) is 17.8 Å². The van der Waals surface area contributed by atoms with E-state index in [4.69, 9.17) is 4.74 Å². The molecule has 0 saturated carbocycles. The normalized spacial score (nSPS) is 19.7. The summed E-state index contributed by atoms with van der Waals surface area (Å²) >= 11 is 0. The third kappa shape index (κ3) is 4.53. The molecule has 0 aliphatic carbocycles. The second-order valence-corrected chi connectivity index (χ2v) is 6.17. The van der Waals surface area contributed by atoms with Gasteiger partial charge in [-0.2, -0.15) is 0 Å². The minimum Gasteiger partial charge on any atom is -0.378 e. The number of aromatic nitrogens is 1. The number of pyridine rings is 1. The van der Waals surface area contributed by atoms with E-state index in [1.165, 1.54) is 0 Å². The summed E-state index contributed by atoms with van der Waals surface area (Å²) in [6.45, 7) is 7.10. The largest absolute Gasteiger partial charge is 0.378 e. The molecule has 0 spiro atoms. The molecule has 1 aliphatic heterocycles. The fraction of sp³-hybridized carbons (Fsp3) is 0.647. The molecule has 116 valence electrons. The van der Waals surface area contributed by atoms with E-state index in [1.807, 2.05) is 19.1 Å². The van der Waals surface area contributed by atoms with Gasteiger partial charge in [-0.05, 0) is 43.7 Å². The zero-order valence-electron chi connectivity index (χ0n) is 13.3. The maximum atomic E-state index is 12.2. The summed E-state index contributed by atoms with van der Waals surface area (Å²) in [5, 5.41) is 3.14. The highest BCUT2D eigenvalue weighted by Gasteiger charge is 2.22. The number of hydrogen-bond acceptors (Lipinski definition) is 3. The third-order valence-corrected chi connectivity index (χ3v) is 4.05. The van der Waals surface area contributed by atoms with Crippen LogP contribution in [0.15, 0.2) is 18.3 Å². The Hall–Kier alpha value is -1.42. The molecule has 21 heavy (non-hydrogen) atoms. The molecule has 2 unspecified atom stereocenters. The van der Waals surface area contributed by atoms with Gasteiger partial charge in [0.2, 0.25) is 5.91 Å². The van der Waals surface area contributed by atoms with Crippen LogP contribution in [0.2, 0.25) is 0 Å². The molecule has 1 aliphatic rings. The third-order valence-electron chi connectivity index (χ3n) is 4.05. The molecule has 2 atom stereocenters. The van der Waals surface area contributed by atoms with Gasteiger partial charge in [-0.3, -0.25) is 9.78 Å². The Morgan fingerprint density at radius 3 is 2.95 bits per heavy atom. The van der Waals surface area contributed by atoms with Gasteiger partial charge >= 0.3 is 0 Å². The van der Waals surface area contributed by atoms with Crippen LogP contribution < -0.4 is 5.32 Å². The number of amides is 1. The Kier molecular flexibility index (Phi) is 5.74. The van der Waals surface area contributed by atoms with Gasteiger partial charge in [-0.25, -0.2) is 0 Å². The Morgan fingerprint density at radius 2 is 2.33 bits per heavy atom. The van der Waals surface area contributed by atoms with Gasteiger partial charge < -0.3 is 10.1 Å². The smallest absolute Gasteiger partial charge is 0.220 e. The molecule has 1 aromatic rings. The molecule has 4 heteroatoms. The lowest BCUT2D eigenvalue weighted by Gasteiger charge is -2.23. The summed E-state index contributed by atoms with van der Waals surface area (Å²) in [5.41, 5.74) is 2.09. The number of carbonyl (C=O) groups excluding carboxylic acids is 1. The lowest BCUT2D eigenvalue weighted by atomic mass is 9.97. The molecule has 2 rings (SSSR count). The van der Waals surface area contributed by atoms with Gasteiger partial charge in [0.25, 0.3) is 0 Å². The second-order valence-electron chi connectivity index (χ2n) is 6.17. The van der Waals surface area contributed by atoms with Crippen molar-refractivity contribution in [2.24, 2.45) is 5.92 Å². The van der Waals surface area contributed by atoms with Crippen molar-refractivity contribution in [1.29, 1.82) is 0 Å².